The van der Waals surface area contributed by atoms with Crippen molar-refractivity contribution in [2.45, 2.75) is 18.9 Å². The average molecular weight is 250 g/mol. The average Bonchev–Trinajstić information content (AvgIpc) is 3.23. The number of methoxy groups -OCH3 is 2. The Morgan fingerprint density at radius 1 is 1.33 bits per heavy atom. The molecule has 1 atom stereocenters. The molecule has 0 amide bonds. The molecule has 4 nitrogen and oxygen atoms in total. The van der Waals surface area contributed by atoms with Crippen molar-refractivity contribution in [1.29, 1.82) is 0 Å². The number of rotatable bonds is 7. The van der Waals surface area contributed by atoms with Gasteiger partial charge in [0.1, 0.15) is 11.5 Å². The van der Waals surface area contributed by atoms with E-state index in [1.54, 1.807) is 14.2 Å². The highest BCUT2D eigenvalue weighted by Crippen LogP contribution is 2.31. The molecular weight excluding hydrogens is 228 g/mol. The fraction of sp³-hybridized carbons (Fsp3) is 0.571. The molecule has 0 saturated heterocycles. The van der Waals surface area contributed by atoms with Gasteiger partial charge in [-0.15, -0.1) is 0 Å². The number of hydrogen-bond acceptors (Lipinski definition) is 4. The van der Waals surface area contributed by atoms with Crippen LogP contribution in [0.3, 0.4) is 0 Å². The molecule has 4 heteroatoms. The fourth-order valence-electron chi connectivity index (χ4n) is 2.06. The molecule has 18 heavy (non-hydrogen) atoms. The molecule has 3 N–H and O–H groups in total. The molecule has 1 fully saturated rings. The molecule has 0 heterocycles. The van der Waals surface area contributed by atoms with Crippen LogP contribution >= 0.6 is 0 Å². The highest BCUT2D eigenvalue weighted by molar-refractivity contribution is 5.42. The van der Waals surface area contributed by atoms with E-state index in [0.717, 1.165) is 29.5 Å². The third-order valence-corrected chi connectivity index (χ3v) is 3.40. The number of ether oxygens (including phenoxy) is 2. The van der Waals surface area contributed by atoms with Crippen molar-refractivity contribution in [3.63, 3.8) is 0 Å². The summed E-state index contributed by atoms with van der Waals surface area (Å²) in [6.07, 6.45) is 2.67. The molecule has 100 valence electrons. The lowest BCUT2D eigenvalue weighted by atomic mass is 10.1. The third kappa shape index (κ3) is 3.15. The predicted octanol–water partition coefficient (Wildman–Crippen LogP) is 1.70. The Bertz CT molecular complexity index is 391. The van der Waals surface area contributed by atoms with Crippen molar-refractivity contribution in [2.24, 2.45) is 11.7 Å². The summed E-state index contributed by atoms with van der Waals surface area (Å²) in [6.45, 7) is 1.60. The van der Waals surface area contributed by atoms with Crippen molar-refractivity contribution in [3.05, 3.63) is 23.8 Å². The van der Waals surface area contributed by atoms with Crippen LogP contribution < -0.4 is 20.5 Å². The van der Waals surface area contributed by atoms with Gasteiger partial charge in [0, 0.05) is 24.2 Å². The van der Waals surface area contributed by atoms with Crippen LogP contribution in [0, 0.1) is 5.92 Å². The second kappa shape index (κ2) is 6.07. The van der Waals surface area contributed by atoms with Crippen molar-refractivity contribution < 1.29 is 9.47 Å². The van der Waals surface area contributed by atoms with Crippen LogP contribution in [0.2, 0.25) is 0 Å². The van der Waals surface area contributed by atoms with Gasteiger partial charge >= 0.3 is 0 Å². The highest BCUT2D eigenvalue weighted by atomic mass is 16.5. The maximum absolute atomic E-state index is 5.86. The van der Waals surface area contributed by atoms with Crippen molar-refractivity contribution >= 4 is 0 Å². The molecule has 1 aliphatic rings. The van der Waals surface area contributed by atoms with Crippen LogP contribution in [0.25, 0.3) is 0 Å². The quantitative estimate of drug-likeness (QED) is 0.773. The van der Waals surface area contributed by atoms with Gasteiger partial charge in [-0.2, -0.15) is 0 Å². The van der Waals surface area contributed by atoms with Crippen LogP contribution in [0.4, 0.5) is 0 Å². The van der Waals surface area contributed by atoms with E-state index < -0.39 is 0 Å². The summed E-state index contributed by atoms with van der Waals surface area (Å²) in [5.41, 5.74) is 6.95. The maximum atomic E-state index is 5.86. The largest absolute Gasteiger partial charge is 0.497 e. The first kappa shape index (κ1) is 13.2. The number of hydrogen-bond donors (Lipinski definition) is 2. The first-order valence-electron chi connectivity index (χ1n) is 6.43. The normalized spacial score (nSPS) is 16.4. The van der Waals surface area contributed by atoms with Gasteiger partial charge < -0.3 is 20.5 Å². The summed E-state index contributed by atoms with van der Waals surface area (Å²) in [5, 5.41) is 3.51. The lowest BCUT2D eigenvalue weighted by molar-refractivity contribution is 0.384. The Kier molecular flexibility index (Phi) is 4.44. The molecule has 0 aromatic heterocycles. The standard InChI is InChI=1S/C14H22N2O2/c1-17-11-5-6-12(14(7-11)18-2)13(8-15)16-9-10-3-4-10/h5-7,10,13,16H,3-4,8-9,15H2,1-2H3. The minimum absolute atomic E-state index is 0.145. The summed E-state index contributed by atoms with van der Waals surface area (Å²) in [6, 6.07) is 6.01. The van der Waals surface area contributed by atoms with E-state index in [4.69, 9.17) is 15.2 Å². The Labute approximate surface area is 108 Å². The predicted molar refractivity (Wildman–Crippen MR) is 72.1 cm³/mol. The van der Waals surface area contributed by atoms with E-state index in [-0.39, 0.29) is 6.04 Å². The Morgan fingerprint density at radius 2 is 2.11 bits per heavy atom. The SMILES string of the molecule is COc1ccc(C(CN)NCC2CC2)c(OC)c1. The minimum atomic E-state index is 0.145. The summed E-state index contributed by atoms with van der Waals surface area (Å²) in [5.74, 6) is 2.46. The van der Waals surface area contributed by atoms with Crippen molar-refractivity contribution in [1.82, 2.24) is 5.32 Å². The third-order valence-electron chi connectivity index (χ3n) is 3.40. The van der Waals surface area contributed by atoms with E-state index in [1.807, 2.05) is 18.2 Å². The summed E-state index contributed by atoms with van der Waals surface area (Å²) in [4.78, 5) is 0. The van der Waals surface area contributed by atoms with Crippen LogP contribution in [0.15, 0.2) is 18.2 Å². The second-order valence-corrected chi connectivity index (χ2v) is 4.75. The first-order chi connectivity index (χ1) is 8.78. The molecule has 0 spiro atoms. The Balaban J connectivity index is 2.11. The molecular formula is C14H22N2O2. The molecule has 2 rings (SSSR count). The first-order valence-corrected chi connectivity index (χ1v) is 6.43. The van der Waals surface area contributed by atoms with Gasteiger partial charge in [-0.3, -0.25) is 0 Å². The van der Waals surface area contributed by atoms with Gasteiger partial charge in [-0.25, -0.2) is 0 Å². The van der Waals surface area contributed by atoms with Gasteiger partial charge in [-0.1, -0.05) is 6.07 Å². The molecule has 1 saturated carbocycles. The zero-order valence-corrected chi connectivity index (χ0v) is 11.1. The van der Waals surface area contributed by atoms with Crippen LogP contribution in [0.1, 0.15) is 24.4 Å². The monoisotopic (exact) mass is 250 g/mol. The van der Waals surface area contributed by atoms with Gasteiger partial charge in [0.25, 0.3) is 0 Å². The molecule has 1 aromatic carbocycles. The van der Waals surface area contributed by atoms with E-state index in [1.165, 1.54) is 12.8 Å². The Hall–Kier alpha value is -1.26. The Morgan fingerprint density at radius 3 is 2.67 bits per heavy atom. The van der Waals surface area contributed by atoms with Crippen LogP contribution in [-0.2, 0) is 0 Å². The van der Waals surface area contributed by atoms with E-state index in [2.05, 4.69) is 5.32 Å². The van der Waals surface area contributed by atoms with Crippen molar-refractivity contribution in [3.8, 4) is 11.5 Å². The van der Waals surface area contributed by atoms with E-state index >= 15 is 0 Å². The van der Waals surface area contributed by atoms with E-state index in [9.17, 15) is 0 Å². The smallest absolute Gasteiger partial charge is 0.127 e. The zero-order chi connectivity index (χ0) is 13.0. The minimum Gasteiger partial charge on any atom is -0.497 e. The number of benzene rings is 1. The molecule has 1 aromatic rings. The molecule has 1 aliphatic carbocycles. The maximum Gasteiger partial charge on any atom is 0.127 e. The number of nitrogens with two attached hydrogens (primary N) is 1. The fourth-order valence-corrected chi connectivity index (χ4v) is 2.06. The van der Waals surface area contributed by atoms with Crippen molar-refractivity contribution in [2.75, 3.05) is 27.3 Å². The molecule has 0 radical (unpaired) electrons. The van der Waals surface area contributed by atoms with E-state index in [0.29, 0.717) is 6.54 Å². The summed E-state index contributed by atoms with van der Waals surface area (Å²) >= 11 is 0. The van der Waals surface area contributed by atoms with Gasteiger partial charge in [-0.05, 0) is 31.4 Å². The lowest BCUT2D eigenvalue weighted by Crippen LogP contribution is -2.30. The molecule has 0 bridgehead atoms. The summed E-state index contributed by atoms with van der Waals surface area (Å²) in [7, 11) is 3.33. The van der Waals surface area contributed by atoms with Crippen LogP contribution in [0.5, 0.6) is 11.5 Å². The second-order valence-electron chi connectivity index (χ2n) is 4.75. The van der Waals surface area contributed by atoms with Gasteiger partial charge in [0.05, 0.1) is 14.2 Å². The highest BCUT2D eigenvalue weighted by Gasteiger charge is 2.23. The number of nitrogens with one attached hydrogen (secondary N) is 1. The lowest BCUT2D eigenvalue weighted by Gasteiger charge is -2.20. The van der Waals surface area contributed by atoms with Gasteiger partial charge in [0.2, 0.25) is 0 Å². The topological polar surface area (TPSA) is 56.5 Å². The molecule has 1 unspecified atom stereocenters. The molecule has 0 aliphatic heterocycles. The van der Waals surface area contributed by atoms with Gasteiger partial charge in [0.15, 0.2) is 0 Å². The van der Waals surface area contributed by atoms with Crippen LogP contribution in [-0.4, -0.2) is 27.3 Å². The zero-order valence-electron chi connectivity index (χ0n) is 11.1. The summed E-state index contributed by atoms with van der Waals surface area (Å²) < 4.78 is 10.6.